The number of hydrogen-bond donors (Lipinski definition) is 2. The van der Waals surface area contributed by atoms with Gasteiger partial charge >= 0.3 is 0 Å². The van der Waals surface area contributed by atoms with Crippen LogP contribution in [0.25, 0.3) is 0 Å². The van der Waals surface area contributed by atoms with E-state index in [0.717, 1.165) is 0 Å². The summed E-state index contributed by atoms with van der Waals surface area (Å²) in [6.07, 6.45) is 0. The molecular weight excluding hydrogens is 210 g/mol. The van der Waals surface area contributed by atoms with Gasteiger partial charge in [-0.05, 0) is 12.1 Å². The van der Waals surface area contributed by atoms with Gasteiger partial charge in [-0.2, -0.15) is 5.26 Å². The molecule has 0 atom stereocenters. The molecule has 82 valence electrons. The van der Waals surface area contributed by atoms with Gasteiger partial charge in [0, 0.05) is 0 Å². The molecule has 0 spiro atoms. The van der Waals surface area contributed by atoms with Gasteiger partial charge in [0.15, 0.2) is 0 Å². The van der Waals surface area contributed by atoms with Crippen molar-refractivity contribution in [2.75, 3.05) is 12.4 Å². The van der Waals surface area contributed by atoms with Crippen LogP contribution in [0.2, 0.25) is 0 Å². The van der Waals surface area contributed by atoms with E-state index in [-0.39, 0.29) is 0 Å². The van der Waals surface area contributed by atoms with E-state index in [9.17, 15) is 4.79 Å². The van der Waals surface area contributed by atoms with E-state index in [1.807, 2.05) is 0 Å². The van der Waals surface area contributed by atoms with Crippen LogP contribution in [0.1, 0.15) is 0 Å². The number of nitrogens with zero attached hydrogens (tertiary/aromatic N) is 2. The van der Waals surface area contributed by atoms with Crippen LogP contribution in [0.5, 0.6) is 5.75 Å². The van der Waals surface area contributed by atoms with Gasteiger partial charge in [-0.15, -0.1) is 0 Å². The lowest BCUT2D eigenvalue weighted by Crippen LogP contribution is -2.21. The van der Waals surface area contributed by atoms with Crippen molar-refractivity contribution in [3.05, 3.63) is 24.3 Å². The number of nitriles is 1. The quantitative estimate of drug-likeness (QED) is 0.450. The second-order valence-corrected chi connectivity index (χ2v) is 2.71. The third kappa shape index (κ3) is 2.48. The molecule has 1 aromatic rings. The summed E-state index contributed by atoms with van der Waals surface area (Å²) in [7, 11) is 1.45. The second kappa shape index (κ2) is 5.36. The van der Waals surface area contributed by atoms with Gasteiger partial charge < -0.3 is 15.3 Å². The van der Waals surface area contributed by atoms with Crippen molar-refractivity contribution in [3.8, 4) is 11.8 Å². The maximum absolute atomic E-state index is 11.4. The Hall–Kier alpha value is -2.55. The van der Waals surface area contributed by atoms with Crippen molar-refractivity contribution in [1.82, 2.24) is 0 Å². The maximum atomic E-state index is 11.4. The van der Waals surface area contributed by atoms with E-state index < -0.39 is 11.6 Å². The molecule has 6 heteroatoms. The van der Waals surface area contributed by atoms with E-state index in [1.54, 1.807) is 24.3 Å². The Morgan fingerprint density at radius 3 is 2.81 bits per heavy atom. The number of rotatable bonds is 3. The highest BCUT2D eigenvalue weighted by Crippen LogP contribution is 2.22. The van der Waals surface area contributed by atoms with E-state index in [0.29, 0.717) is 11.4 Å². The number of oxime groups is 1. The molecule has 6 nitrogen and oxygen atoms in total. The Balaban J connectivity index is 2.90. The fourth-order valence-corrected chi connectivity index (χ4v) is 1.05. The highest BCUT2D eigenvalue weighted by molar-refractivity contribution is 6.48. The van der Waals surface area contributed by atoms with Gasteiger partial charge in [0.05, 0.1) is 12.8 Å². The largest absolute Gasteiger partial charge is 0.495 e. The van der Waals surface area contributed by atoms with Gasteiger partial charge in [0.25, 0.3) is 5.91 Å². The predicted octanol–water partition coefficient (Wildman–Crippen LogP) is 0.987. The summed E-state index contributed by atoms with van der Waals surface area (Å²) in [6, 6.07) is 8.14. The molecule has 0 radical (unpaired) electrons. The standard InChI is InChI=1S/C10H9N3O3/c1-16-9-5-3-2-4-7(9)12-10(14)8(6-11)13-15/h2-5,15H,1H3,(H,12,14)/b13-8+. The Kier molecular flexibility index (Phi) is 3.86. The first-order valence-electron chi connectivity index (χ1n) is 4.29. The number of anilines is 1. The smallest absolute Gasteiger partial charge is 0.288 e. The molecule has 0 aliphatic rings. The number of para-hydroxylation sites is 2. The van der Waals surface area contributed by atoms with Crippen LogP contribution in [0.3, 0.4) is 0 Å². The van der Waals surface area contributed by atoms with Crippen LogP contribution in [0, 0.1) is 11.3 Å². The van der Waals surface area contributed by atoms with Crippen LogP contribution >= 0.6 is 0 Å². The first kappa shape index (κ1) is 11.5. The minimum Gasteiger partial charge on any atom is -0.495 e. The Morgan fingerprint density at radius 1 is 1.56 bits per heavy atom. The van der Waals surface area contributed by atoms with Crippen LogP contribution in [-0.2, 0) is 4.79 Å². The molecule has 0 bridgehead atoms. The topological polar surface area (TPSA) is 94.7 Å². The highest BCUT2D eigenvalue weighted by atomic mass is 16.5. The van der Waals surface area contributed by atoms with Crippen LogP contribution in [-0.4, -0.2) is 23.9 Å². The minimum absolute atomic E-state index is 0.395. The average Bonchev–Trinajstić information content (AvgIpc) is 2.31. The number of methoxy groups -OCH3 is 1. The zero-order valence-corrected chi connectivity index (χ0v) is 8.47. The third-order valence-corrected chi connectivity index (χ3v) is 1.78. The van der Waals surface area contributed by atoms with Crippen molar-refractivity contribution >= 4 is 17.3 Å². The van der Waals surface area contributed by atoms with E-state index in [1.165, 1.54) is 13.2 Å². The number of amides is 1. The highest BCUT2D eigenvalue weighted by Gasteiger charge is 2.13. The molecule has 0 aliphatic heterocycles. The van der Waals surface area contributed by atoms with Gasteiger partial charge in [0.2, 0.25) is 5.71 Å². The number of nitrogens with one attached hydrogen (secondary N) is 1. The molecule has 0 fully saturated rings. The lowest BCUT2D eigenvalue weighted by Gasteiger charge is -2.07. The Bertz CT molecular complexity index is 463. The molecule has 0 aromatic heterocycles. The Morgan fingerprint density at radius 2 is 2.25 bits per heavy atom. The molecule has 1 amide bonds. The number of benzene rings is 1. The summed E-state index contributed by atoms with van der Waals surface area (Å²) in [5.41, 5.74) is -0.225. The zero-order valence-electron chi connectivity index (χ0n) is 8.47. The zero-order chi connectivity index (χ0) is 12.0. The molecular formula is C10H9N3O3. The molecule has 0 unspecified atom stereocenters. The molecule has 16 heavy (non-hydrogen) atoms. The summed E-state index contributed by atoms with van der Waals surface area (Å²) in [5.74, 6) is -0.347. The predicted molar refractivity (Wildman–Crippen MR) is 56.5 cm³/mol. The van der Waals surface area contributed by atoms with E-state index in [2.05, 4.69) is 10.5 Å². The first-order valence-corrected chi connectivity index (χ1v) is 4.29. The maximum Gasteiger partial charge on any atom is 0.288 e. The number of carbonyl (C=O) groups excluding carboxylic acids is 1. The first-order chi connectivity index (χ1) is 7.72. The lowest BCUT2D eigenvalue weighted by atomic mass is 10.2. The molecule has 0 saturated carbocycles. The van der Waals surface area contributed by atoms with E-state index in [4.69, 9.17) is 15.2 Å². The fourth-order valence-electron chi connectivity index (χ4n) is 1.05. The van der Waals surface area contributed by atoms with E-state index >= 15 is 0 Å². The summed E-state index contributed by atoms with van der Waals surface area (Å²) >= 11 is 0. The van der Waals surface area contributed by atoms with Gasteiger partial charge in [-0.25, -0.2) is 0 Å². The summed E-state index contributed by atoms with van der Waals surface area (Å²) in [4.78, 5) is 11.4. The normalized spacial score (nSPS) is 10.4. The van der Waals surface area contributed by atoms with Gasteiger partial charge in [-0.1, -0.05) is 17.3 Å². The van der Waals surface area contributed by atoms with Gasteiger partial charge in [0.1, 0.15) is 11.8 Å². The van der Waals surface area contributed by atoms with Crippen LogP contribution in [0.15, 0.2) is 29.4 Å². The fraction of sp³-hybridized carbons (Fsp3) is 0.100. The average molecular weight is 219 g/mol. The Labute approximate surface area is 91.8 Å². The van der Waals surface area contributed by atoms with Crippen molar-refractivity contribution in [1.29, 1.82) is 5.26 Å². The molecule has 1 aromatic carbocycles. The molecule has 1 rings (SSSR count). The molecule has 0 aliphatic carbocycles. The summed E-state index contributed by atoms with van der Waals surface area (Å²) in [6.45, 7) is 0. The van der Waals surface area contributed by atoms with Crippen molar-refractivity contribution in [3.63, 3.8) is 0 Å². The van der Waals surface area contributed by atoms with Crippen LogP contribution < -0.4 is 10.1 Å². The monoisotopic (exact) mass is 219 g/mol. The third-order valence-electron chi connectivity index (χ3n) is 1.78. The molecule has 0 saturated heterocycles. The van der Waals surface area contributed by atoms with Crippen LogP contribution in [0.4, 0.5) is 5.69 Å². The number of hydrogen-bond acceptors (Lipinski definition) is 5. The number of carbonyl (C=O) groups is 1. The minimum atomic E-state index is -0.797. The van der Waals surface area contributed by atoms with Crippen molar-refractivity contribution in [2.24, 2.45) is 5.16 Å². The van der Waals surface area contributed by atoms with Gasteiger partial charge in [-0.3, -0.25) is 4.79 Å². The van der Waals surface area contributed by atoms with Crippen molar-refractivity contribution in [2.45, 2.75) is 0 Å². The van der Waals surface area contributed by atoms with Crippen molar-refractivity contribution < 1.29 is 14.7 Å². The SMILES string of the molecule is COc1ccccc1NC(=O)/C(C#N)=N/O. The summed E-state index contributed by atoms with van der Waals surface area (Å²) in [5, 5.41) is 21.8. The lowest BCUT2D eigenvalue weighted by molar-refractivity contribution is -0.110. The summed E-state index contributed by atoms with van der Waals surface area (Å²) < 4.78 is 4.99. The molecule has 0 heterocycles. The molecule has 2 N–H and O–H groups in total. The second-order valence-electron chi connectivity index (χ2n) is 2.71. The number of ether oxygens (including phenoxy) is 1.